The smallest absolute Gasteiger partial charge is 0.341 e. The van der Waals surface area contributed by atoms with Gasteiger partial charge in [0, 0.05) is 13.0 Å². The van der Waals surface area contributed by atoms with Crippen molar-refractivity contribution < 1.29 is 24.2 Å². The Kier molecular flexibility index (Phi) is 5.73. The molecule has 1 aliphatic heterocycles. The van der Waals surface area contributed by atoms with E-state index in [1.54, 1.807) is 12.1 Å². The third-order valence-electron chi connectivity index (χ3n) is 4.14. The molecule has 0 radical (unpaired) electrons. The zero-order chi connectivity index (χ0) is 18.4. The fraction of sp³-hybridized carbons (Fsp3) is 0.300. The van der Waals surface area contributed by atoms with Gasteiger partial charge in [-0.15, -0.1) is 0 Å². The summed E-state index contributed by atoms with van der Waals surface area (Å²) in [5, 5.41) is 11.5. The molecule has 0 saturated heterocycles. The first-order valence-electron chi connectivity index (χ1n) is 8.55. The van der Waals surface area contributed by atoms with E-state index in [-0.39, 0.29) is 12.5 Å². The van der Waals surface area contributed by atoms with Gasteiger partial charge in [0.1, 0.15) is 11.5 Å². The van der Waals surface area contributed by atoms with Crippen molar-refractivity contribution in [3.05, 3.63) is 59.2 Å². The first-order chi connectivity index (χ1) is 12.6. The Morgan fingerprint density at radius 1 is 1.12 bits per heavy atom. The van der Waals surface area contributed by atoms with Gasteiger partial charge in [-0.1, -0.05) is 24.3 Å². The molecule has 26 heavy (non-hydrogen) atoms. The molecule has 2 N–H and O–H groups in total. The number of fused-ring (bicyclic) bond motifs is 1. The second kappa shape index (κ2) is 8.38. The molecule has 0 saturated carbocycles. The quantitative estimate of drug-likeness (QED) is 0.756. The van der Waals surface area contributed by atoms with Crippen molar-refractivity contribution in [1.82, 2.24) is 5.32 Å². The number of carboxylic acids is 1. The fourth-order valence-corrected chi connectivity index (χ4v) is 2.84. The van der Waals surface area contributed by atoms with E-state index < -0.39 is 5.97 Å². The highest BCUT2D eigenvalue weighted by molar-refractivity contribution is 5.78. The number of carboxylic acid groups (broad SMARTS) is 1. The second-order valence-electron chi connectivity index (χ2n) is 6.14. The first kappa shape index (κ1) is 17.8. The molecular formula is C20H21NO5. The lowest BCUT2D eigenvalue weighted by Crippen LogP contribution is -2.27. The van der Waals surface area contributed by atoms with Crippen molar-refractivity contribution >= 4 is 11.9 Å². The lowest BCUT2D eigenvalue weighted by molar-refractivity contribution is -0.139. The number of carbonyl (C=O) groups is 2. The standard InChI is InChI=1S/C20H21NO5/c22-19(12-15-3-6-18-16(11-15)8-10-25-18)21-9-7-14-1-4-17(5-2-14)26-13-20(23)24/h1-6,11H,7-10,12-13H2,(H,21,22)(H,23,24). The minimum absolute atomic E-state index is 0.00900. The van der Waals surface area contributed by atoms with Crippen molar-refractivity contribution in [2.24, 2.45) is 0 Å². The van der Waals surface area contributed by atoms with E-state index in [0.717, 1.165) is 23.3 Å². The van der Waals surface area contributed by atoms with Crippen LogP contribution in [0, 0.1) is 0 Å². The Labute approximate surface area is 151 Å². The third kappa shape index (κ3) is 4.99. The zero-order valence-electron chi connectivity index (χ0n) is 14.4. The molecule has 1 aliphatic rings. The molecule has 0 unspecified atom stereocenters. The molecule has 1 amide bonds. The maximum Gasteiger partial charge on any atom is 0.341 e. The number of rotatable bonds is 8. The van der Waals surface area contributed by atoms with Crippen LogP contribution in [0.4, 0.5) is 0 Å². The molecule has 0 atom stereocenters. The molecule has 0 aliphatic carbocycles. The number of amides is 1. The van der Waals surface area contributed by atoms with E-state index in [4.69, 9.17) is 14.6 Å². The second-order valence-corrected chi connectivity index (χ2v) is 6.14. The summed E-state index contributed by atoms with van der Waals surface area (Å²) in [7, 11) is 0. The van der Waals surface area contributed by atoms with Gasteiger partial charge >= 0.3 is 5.97 Å². The minimum atomic E-state index is -1.01. The Bertz CT molecular complexity index is 785. The average Bonchev–Trinajstić information content (AvgIpc) is 3.09. The van der Waals surface area contributed by atoms with Gasteiger partial charge < -0.3 is 19.9 Å². The minimum Gasteiger partial charge on any atom is -0.493 e. The fourth-order valence-electron chi connectivity index (χ4n) is 2.84. The van der Waals surface area contributed by atoms with E-state index >= 15 is 0 Å². The lowest BCUT2D eigenvalue weighted by atomic mass is 10.1. The van der Waals surface area contributed by atoms with E-state index in [2.05, 4.69) is 5.32 Å². The summed E-state index contributed by atoms with van der Waals surface area (Å²) in [5.74, 6) is 0.420. The Hall–Kier alpha value is -3.02. The van der Waals surface area contributed by atoms with Crippen molar-refractivity contribution in [3.63, 3.8) is 0 Å². The van der Waals surface area contributed by atoms with Gasteiger partial charge in [-0.2, -0.15) is 0 Å². The van der Waals surface area contributed by atoms with Crippen LogP contribution in [-0.4, -0.2) is 36.7 Å². The molecule has 2 aromatic rings. The molecule has 6 nitrogen and oxygen atoms in total. The molecule has 0 fully saturated rings. The number of nitrogens with one attached hydrogen (secondary N) is 1. The molecule has 2 aromatic carbocycles. The SMILES string of the molecule is O=C(O)COc1ccc(CCNC(=O)Cc2ccc3c(c2)CCO3)cc1. The van der Waals surface area contributed by atoms with Gasteiger partial charge in [-0.05, 0) is 41.3 Å². The van der Waals surface area contributed by atoms with Gasteiger partial charge in [0.05, 0.1) is 13.0 Å². The monoisotopic (exact) mass is 355 g/mol. The molecule has 0 spiro atoms. The molecule has 0 aromatic heterocycles. The van der Waals surface area contributed by atoms with E-state index in [1.807, 2.05) is 30.3 Å². The third-order valence-corrected chi connectivity index (χ3v) is 4.14. The largest absolute Gasteiger partial charge is 0.493 e. The normalized spacial score (nSPS) is 12.2. The van der Waals surface area contributed by atoms with Crippen molar-refractivity contribution in [3.8, 4) is 11.5 Å². The van der Waals surface area contributed by atoms with E-state index in [0.29, 0.717) is 31.7 Å². The van der Waals surface area contributed by atoms with Crippen LogP contribution in [0.1, 0.15) is 16.7 Å². The van der Waals surface area contributed by atoms with Crippen molar-refractivity contribution in [1.29, 1.82) is 0 Å². The Morgan fingerprint density at radius 2 is 1.88 bits per heavy atom. The molecule has 3 rings (SSSR count). The number of hydrogen-bond donors (Lipinski definition) is 2. The topological polar surface area (TPSA) is 84.9 Å². The van der Waals surface area contributed by atoms with Crippen LogP contribution in [0.25, 0.3) is 0 Å². The highest BCUT2D eigenvalue weighted by Gasteiger charge is 2.13. The number of aliphatic carboxylic acids is 1. The van der Waals surface area contributed by atoms with Crippen molar-refractivity contribution in [2.75, 3.05) is 19.8 Å². The molecular weight excluding hydrogens is 334 g/mol. The molecule has 0 bridgehead atoms. The van der Waals surface area contributed by atoms with Gasteiger partial charge in [0.15, 0.2) is 6.61 Å². The predicted molar refractivity (Wildman–Crippen MR) is 95.6 cm³/mol. The molecule has 136 valence electrons. The van der Waals surface area contributed by atoms with Crippen LogP contribution >= 0.6 is 0 Å². The van der Waals surface area contributed by atoms with Crippen LogP contribution in [0.3, 0.4) is 0 Å². The van der Waals surface area contributed by atoms with Crippen LogP contribution < -0.4 is 14.8 Å². The van der Waals surface area contributed by atoms with Gasteiger partial charge in [-0.3, -0.25) is 4.79 Å². The maximum atomic E-state index is 12.1. The average molecular weight is 355 g/mol. The first-order valence-corrected chi connectivity index (χ1v) is 8.55. The number of ether oxygens (including phenoxy) is 2. The highest BCUT2D eigenvalue weighted by atomic mass is 16.5. The van der Waals surface area contributed by atoms with Crippen LogP contribution in [-0.2, 0) is 28.9 Å². The van der Waals surface area contributed by atoms with Crippen molar-refractivity contribution in [2.45, 2.75) is 19.3 Å². The highest BCUT2D eigenvalue weighted by Crippen LogP contribution is 2.25. The Balaban J connectivity index is 1.41. The van der Waals surface area contributed by atoms with Crippen LogP contribution in [0.15, 0.2) is 42.5 Å². The summed E-state index contributed by atoms with van der Waals surface area (Å²) >= 11 is 0. The predicted octanol–water partition coefficient (Wildman–Crippen LogP) is 1.99. The summed E-state index contributed by atoms with van der Waals surface area (Å²) in [5.41, 5.74) is 3.20. The van der Waals surface area contributed by atoms with E-state index in [1.165, 1.54) is 5.56 Å². The number of benzene rings is 2. The maximum absolute atomic E-state index is 12.1. The number of hydrogen-bond acceptors (Lipinski definition) is 4. The van der Waals surface area contributed by atoms with Crippen LogP contribution in [0.5, 0.6) is 11.5 Å². The number of carbonyl (C=O) groups excluding carboxylic acids is 1. The summed E-state index contributed by atoms with van der Waals surface area (Å²) in [6, 6.07) is 13.1. The zero-order valence-corrected chi connectivity index (χ0v) is 14.4. The van der Waals surface area contributed by atoms with Gasteiger partial charge in [0.25, 0.3) is 0 Å². The van der Waals surface area contributed by atoms with Gasteiger partial charge in [-0.25, -0.2) is 4.79 Å². The summed E-state index contributed by atoms with van der Waals surface area (Å²) in [6.07, 6.45) is 1.95. The van der Waals surface area contributed by atoms with Gasteiger partial charge in [0.2, 0.25) is 5.91 Å². The Morgan fingerprint density at radius 3 is 2.65 bits per heavy atom. The molecule has 6 heteroatoms. The summed E-state index contributed by atoms with van der Waals surface area (Å²) in [4.78, 5) is 22.5. The lowest BCUT2D eigenvalue weighted by Gasteiger charge is -2.08. The van der Waals surface area contributed by atoms with E-state index in [9.17, 15) is 9.59 Å². The van der Waals surface area contributed by atoms with Crippen LogP contribution in [0.2, 0.25) is 0 Å². The summed E-state index contributed by atoms with van der Waals surface area (Å²) in [6.45, 7) is 0.900. The molecule has 1 heterocycles. The summed E-state index contributed by atoms with van der Waals surface area (Å²) < 4.78 is 10.6.